The number of rotatable bonds is 20. The van der Waals surface area contributed by atoms with E-state index in [0.29, 0.717) is 22.7 Å². The van der Waals surface area contributed by atoms with Gasteiger partial charge >= 0.3 is 12.0 Å². The van der Waals surface area contributed by atoms with E-state index >= 15 is 0 Å². The van der Waals surface area contributed by atoms with Gasteiger partial charge in [-0.2, -0.15) is 0 Å². The number of primary amides is 1. The molecule has 0 radical (unpaired) electrons. The Hall–Kier alpha value is -6.37. The Kier molecular flexibility index (Phi) is 16.0. The molecule has 2 heterocycles. The van der Waals surface area contributed by atoms with Crippen LogP contribution in [0.2, 0.25) is 0 Å². The molecule has 57 heavy (non-hydrogen) atoms. The number of carbonyl (C=O) groups is 9. The number of urea groups is 1. The number of nitrogens with two attached hydrogens (primary N) is 1. The number of fused-ring (bicyclic) bond motifs is 2. The number of hydroxylamine groups is 2. The second-order valence-corrected chi connectivity index (χ2v) is 13.9. The predicted molar refractivity (Wildman–Crippen MR) is 205 cm³/mol. The molecule has 3 atom stereocenters. The van der Waals surface area contributed by atoms with Crippen molar-refractivity contribution < 1.29 is 48.0 Å². The molecule has 0 aromatic heterocycles. The van der Waals surface area contributed by atoms with Gasteiger partial charge in [-0.1, -0.05) is 62.4 Å². The molecule has 0 saturated carbocycles. The fourth-order valence-corrected chi connectivity index (χ4v) is 6.26. The normalized spacial score (nSPS) is 14.6. The van der Waals surface area contributed by atoms with Crippen LogP contribution in [0, 0.1) is 23.7 Å². The monoisotopic (exact) mass is 784 g/mol. The van der Waals surface area contributed by atoms with Crippen molar-refractivity contribution in [3.05, 3.63) is 65.2 Å². The maximum absolute atomic E-state index is 13.5. The molecule has 1 saturated heterocycles. The number of nitrogens with zero attached hydrogens (tertiary/aromatic N) is 2. The van der Waals surface area contributed by atoms with Crippen LogP contribution >= 0.6 is 0 Å². The standard InChI is InChI=1S/C41H48N6O10/c1-3-26(2)32(39(54)45-33(12-8-22-43-41(42)56)40(55)57-47-37(52)20-21-38(47)53)23-31(49)24-44-35(50)18-16-30(48)17-19-36(51)46-25-29-11-5-4-9-27(29)14-15-28-10-6-7-13-34(28)46/h4-7,9-11,13,26,32-33H,3,8,12,16-25H2,1-2H3,(H,44,50)(H,45,54)(H3,42,43,56)/t26?,32-,33-/m0/s1. The minimum Gasteiger partial charge on any atom is -0.352 e. The summed E-state index contributed by atoms with van der Waals surface area (Å²) in [6.45, 7) is 3.50. The number of imide groups is 1. The number of hydrogen-bond acceptors (Lipinski definition) is 10. The highest BCUT2D eigenvalue weighted by molar-refractivity contribution is 6.02. The highest BCUT2D eigenvalue weighted by Gasteiger charge is 2.36. The van der Waals surface area contributed by atoms with Gasteiger partial charge in [-0.05, 0) is 42.5 Å². The van der Waals surface area contributed by atoms with Crippen LogP contribution in [-0.2, 0) is 49.7 Å². The van der Waals surface area contributed by atoms with Gasteiger partial charge in [0.2, 0.25) is 17.7 Å². The van der Waals surface area contributed by atoms with Crippen LogP contribution in [-0.4, -0.2) is 77.3 Å². The number of benzene rings is 2. The van der Waals surface area contributed by atoms with Gasteiger partial charge in [0.25, 0.3) is 11.8 Å². The highest BCUT2D eigenvalue weighted by atomic mass is 16.7. The van der Waals surface area contributed by atoms with Crippen LogP contribution in [0.3, 0.4) is 0 Å². The third-order valence-electron chi connectivity index (χ3n) is 9.78. The van der Waals surface area contributed by atoms with E-state index in [2.05, 4.69) is 27.8 Å². The largest absolute Gasteiger partial charge is 0.355 e. The zero-order valence-corrected chi connectivity index (χ0v) is 32.1. The summed E-state index contributed by atoms with van der Waals surface area (Å²) in [6.07, 6.45) is -0.435. The smallest absolute Gasteiger partial charge is 0.352 e. The van der Waals surface area contributed by atoms with Gasteiger partial charge in [0.05, 0.1) is 18.8 Å². The molecule has 1 unspecified atom stereocenters. The first-order valence-corrected chi connectivity index (χ1v) is 19.0. The zero-order chi connectivity index (χ0) is 41.5. The summed E-state index contributed by atoms with van der Waals surface area (Å²) in [6, 6.07) is 12.7. The van der Waals surface area contributed by atoms with E-state index in [9.17, 15) is 43.2 Å². The molecule has 4 rings (SSSR count). The number of nitrogens with one attached hydrogen (secondary N) is 3. The van der Waals surface area contributed by atoms with E-state index in [4.69, 9.17) is 10.6 Å². The summed E-state index contributed by atoms with van der Waals surface area (Å²) in [5.41, 5.74) is 8.13. The van der Waals surface area contributed by atoms with Crippen molar-refractivity contribution in [1.29, 1.82) is 0 Å². The Morgan fingerprint density at radius 1 is 0.842 bits per heavy atom. The van der Waals surface area contributed by atoms with E-state index in [1.807, 2.05) is 55.5 Å². The molecule has 302 valence electrons. The minimum absolute atomic E-state index is 0.0544. The molecule has 1 fully saturated rings. The summed E-state index contributed by atoms with van der Waals surface area (Å²) < 4.78 is 0. The van der Waals surface area contributed by atoms with E-state index in [1.54, 1.807) is 11.8 Å². The lowest BCUT2D eigenvalue weighted by molar-refractivity contribution is -0.199. The molecule has 2 aliphatic heterocycles. The van der Waals surface area contributed by atoms with Crippen LogP contribution in [0.25, 0.3) is 0 Å². The van der Waals surface area contributed by atoms with Crippen molar-refractivity contribution in [3.8, 4) is 11.8 Å². The van der Waals surface area contributed by atoms with Crippen LogP contribution in [0.15, 0.2) is 48.5 Å². The van der Waals surface area contributed by atoms with Gasteiger partial charge in [-0.25, -0.2) is 9.59 Å². The van der Waals surface area contributed by atoms with E-state index in [1.165, 1.54) is 0 Å². The van der Waals surface area contributed by atoms with Gasteiger partial charge < -0.3 is 31.4 Å². The van der Waals surface area contributed by atoms with E-state index in [0.717, 1.165) is 11.1 Å². The van der Waals surface area contributed by atoms with Crippen molar-refractivity contribution >= 4 is 58.8 Å². The maximum Gasteiger partial charge on any atom is 0.355 e. The molecule has 16 nitrogen and oxygen atoms in total. The molecule has 0 bridgehead atoms. The molecule has 2 aromatic carbocycles. The van der Waals surface area contributed by atoms with E-state index in [-0.39, 0.29) is 88.5 Å². The minimum atomic E-state index is -1.33. The number of carbonyl (C=O) groups excluding carboxylic acids is 9. The number of anilines is 1. The number of ketones is 2. The lowest BCUT2D eigenvalue weighted by atomic mass is 9.86. The van der Waals surface area contributed by atoms with Gasteiger partial charge in [0.1, 0.15) is 11.8 Å². The Morgan fingerprint density at radius 3 is 2.19 bits per heavy atom. The van der Waals surface area contributed by atoms with Gasteiger partial charge in [-0.3, -0.25) is 33.6 Å². The second kappa shape index (κ2) is 21.1. The Labute approximate surface area is 330 Å². The van der Waals surface area contributed by atoms with Crippen molar-refractivity contribution in [2.75, 3.05) is 18.0 Å². The molecule has 2 aromatic rings. The van der Waals surface area contributed by atoms with Gasteiger partial charge in [0.15, 0.2) is 5.78 Å². The molecule has 5 N–H and O–H groups in total. The van der Waals surface area contributed by atoms with Crippen LogP contribution in [0.1, 0.15) is 94.7 Å². The first-order chi connectivity index (χ1) is 27.3. The quantitative estimate of drug-likeness (QED) is 0.0870. The molecular weight excluding hydrogens is 736 g/mol. The first kappa shape index (κ1) is 43.4. The zero-order valence-electron chi connectivity index (χ0n) is 32.1. The highest BCUT2D eigenvalue weighted by Crippen LogP contribution is 2.26. The fourth-order valence-electron chi connectivity index (χ4n) is 6.26. The molecule has 0 aliphatic carbocycles. The lowest BCUT2D eigenvalue weighted by Crippen LogP contribution is -2.48. The number of Topliss-reactive ketones (excluding diaryl/α,β-unsaturated/α-hetero) is 2. The summed E-state index contributed by atoms with van der Waals surface area (Å²) in [4.78, 5) is 120. The molecule has 7 amide bonds. The number of para-hydroxylation sites is 1. The van der Waals surface area contributed by atoms with Crippen LogP contribution in [0.5, 0.6) is 0 Å². The average Bonchev–Trinajstić information content (AvgIpc) is 3.50. The third kappa shape index (κ3) is 12.8. The van der Waals surface area contributed by atoms with Crippen molar-refractivity contribution in [2.24, 2.45) is 17.6 Å². The molecule has 16 heteroatoms. The summed E-state index contributed by atoms with van der Waals surface area (Å²) in [7, 11) is 0. The Bertz CT molecular complexity index is 1940. The summed E-state index contributed by atoms with van der Waals surface area (Å²) in [5, 5.41) is 7.79. The summed E-state index contributed by atoms with van der Waals surface area (Å²) in [5.74, 6) is 0.310. The topological polar surface area (TPSA) is 231 Å². The molecule has 2 aliphatic rings. The molecular formula is C41H48N6O10. The van der Waals surface area contributed by atoms with Crippen molar-refractivity contribution in [2.45, 2.75) is 90.6 Å². The average molecular weight is 785 g/mol. The van der Waals surface area contributed by atoms with Crippen LogP contribution in [0.4, 0.5) is 10.5 Å². The number of hydrogen-bond donors (Lipinski definition) is 4. The maximum atomic E-state index is 13.5. The molecule has 0 spiro atoms. The first-order valence-electron chi connectivity index (χ1n) is 19.0. The van der Waals surface area contributed by atoms with Crippen molar-refractivity contribution in [1.82, 2.24) is 21.0 Å². The number of amides is 7. The Balaban J connectivity index is 1.26. The summed E-state index contributed by atoms with van der Waals surface area (Å²) >= 11 is 0. The second-order valence-electron chi connectivity index (χ2n) is 13.9. The Morgan fingerprint density at radius 2 is 1.49 bits per heavy atom. The lowest BCUT2D eigenvalue weighted by Gasteiger charge is -2.26. The van der Waals surface area contributed by atoms with Crippen molar-refractivity contribution in [3.63, 3.8) is 0 Å². The predicted octanol–water partition coefficient (Wildman–Crippen LogP) is 2.34. The van der Waals surface area contributed by atoms with Gasteiger partial charge in [-0.15, -0.1) is 5.06 Å². The SMILES string of the molecule is CCC(C)[C@H](CC(=O)CNC(=O)CCC(=O)CCC(=O)N1Cc2ccccc2C#Cc2ccccc21)C(=O)N[C@@H](CCCNC(N)=O)C(=O)ON1C(=O)CCC1=O. The van der Waals surface area contributed by atoms with Gasteiger partial charge in [0, 0.05) is 68.5 Å². The fraction of sp³-hybridized carbons (Fsp3) is 0.439. The van der Waals surface area contributed by atoms with E-state index < -0.39 is 59.9 Å². The third-order valence-corrected chi connectivity index (χ3v) is 9.78. The van der Waals surface area contributed by atoms with Crippen LogP contribution < -0.4 is 26.6 Å².